The van der Waals surface area contributed by atoms with E-state index in [0.29, 0.717) is 6.42 Å². The number of nitrogens with one attached hydrogen (secondary N) is 1. The first kappa shape index (κ1) is 18.5. The third-order valence-corrected chi connectivity index (χ3v) is 5.33. The van der Waals surface area contributed by atoms with Gasteiger partial charge in [0.25, 0.3) is 0 Å². The second kappa shape index (κ2) is 6.94. The molecular weight excluding hydrogens is 328 g/mol. The van der Waals surface area contributed by atoms with Gasteiger partial charge in [-0.15, -0.1) is 0 Å². The number of hydrogen-bond donors (Lipinski definition) is 2. The molecule has 0 saturated heterocycles. The zero-order valence-corrected chi connectivity index (χ0v) is 15.0. The molecule has 0 radical (unpaired) electrons. The normalized spacial score (nSPS) is 19.9. The molecule has 1 aromatic rings. The van der Waals surface area contributed by atoms with E-state index in [1.54, 1.807) is 30.3 Å². The molecule has 2 N–H and O–H groups in total. The van der Waals surface area contributed by atoms with Crippen LogP contribution in [0, 0.1) is 5.41 Å². The van der Waals surface area contributed by atoms with Gasteiger partial charge < -0.3 is 10.0 Å². The van der Waals surface area contributed by atoms with Crippen LogP contribution in [0.25, 0.3) is 0 Å². The van der Waals surface area contributed by atoms with Gasteiger partial charge in [0.1, 0.15) is 0 Å². The number of nitrogens with zero attached hydrogens (tertiary/aromatic N) is 1. The van der Waals surface area contributed by atoms with Crippen LogP contribution in [0.2, 0.25) is 0 Å². The molecule has 0 aliphatic carbocycles. The first-order valence-electron chi connectivity index (χ1n) is 7.84. The number of carbonyl (C=O) groups is 1. The van der Waals surface area contributed by atoms with E-state index in [1.807, 2.05) is 26.8 Å². The number of fused-ring (bicyclic) bond motifs is 1. The summed E-state index contributed by atoms with van der Waals surface area (Å²) in [4.78, 5) is 12.9. The molecule has 1 amide bonds. The zero-order chi connectivity index (χ0) is 18.0. The maximum atomic E-state index is 12.3. The highest BCUT2D eigenvalue weighted by Crippen LogP contribution is 2.23. The summed E-state index contributed by atoms with van der Waals surface area (Å²) in [7, 11) is -3.59. The van der Waals surface area contributed by atoms with E-state index in [-0.39, 0.29) is 23.4 Å². The largest absolute Gasteiger partial charge is 0.465 e. The summed E-state index contributed by atoms with van der Waals surface area (Å²) in [6.45, 7) is 6.42. The molecule has 1 heterocycles. The summed E-state index contributed by atoms with van der Waals surface area (Å²) in [6.07, 6.45) is 3.16. The standard InChI is InChI=1S/C17H24N2O4S/c1-17(2,3)9-6-10-19(16(20)21)12-14-11-13-7-4-5-8-15(13)24(22,23)18-14/h4-9,14,18H,10-12H2,1-3H3,(H,20,21). The average Bonchev–Trinajstić information content (AvgIpc) is 2.44. The fraction of sp³-hybridized carbons (Fsp3) is 0.471. The maximum Gasteiger partial charge on any atom is 0.407 e. The Labute approximate surface area is 143 Å². The van der Waals surface area contributed by atoms with Crippen molar-refractivity contribution in [2.75, 3.05) is 13.1 Å². The summed E-state index contributed by atoms with van der Waals surface area (Å²) < 4.78 is 27.2. The minimum Gasteiger partial charge on any atom is -0.465 e. The number of carboxylic acid groups (broad SMARTS) is 1. The molecule has 0 fully saturated rings. The SMILES string of the molecule is CC(C)(C)C=CCN(CC1Cc2ccccc2S(=O)(=O)N1)C(=O)O. The van der Waals surface area contributed by atoms with Gasteiger partial charge in [-0.2, -0.15) is 0 Å². The van der Waals surface area contributed by atoms with Crippen molar-refractivity contribution >= 4 is 16.1 Å². The van der Waals surface area contributed by atoms with E-state index in [2.05, 4.69) is 4.72 Å². The predicted octanol–water partition coefficient (Wildman–Crippen LogP) is 2.47. The van der Waals surface area contributed by atoms with E-state index in [9.17, 15) is 18.3 Å². The van der Waals surface area contributed by atoms with Gasteiger partial charge in [-0.3, -0.25) is 0 Å². The van der Waals surface area contributed by atoms with Gasteiger partial charge in [0, 0.05) is 19.1 Å². The van der Waals surface area contributed by atoms with Crippen molar-refractivity contribution in [2.45, 2.75) is 38.1 Å². The smallest absolute Gasteiger partial charge is 0.407 e. The Morgan fingerprint density at radius 1 is 1.38 bits per heavy atom. The Kier molecular flexibility index (Phi) is 5.35. The highest BCUT2D eigenvalue weighted by molar-refractivity contribution is 7.89. The van der Waals surface area contributed by atoms with Crippen LogP contribution in [0.1, 0.15) is 26.3 Å². The van der Waals surface area contributed by atoms with Crippen LogP contribution in [0.3, 0.4) is 0 Å². The summed E-state index contributed by atoms with van der Waals surface area (Å²) in [6, 6.07) is 6.33. The van der Waals surface area contributed by atoms with Gasteiger partial charge in [-0.1, -0.05) is 51.1 Å². The number of sulfonamides is 1. The number of hydrogen-bond acceptors (Lipinski definition) is 3. The molecule has 24 heavy (non-hydrogen) atoms. The summed E-state index contributed by atoms with van der Waals surface area (Å²) >= 11 is 0. The van der Waals surface area contributed by atoms with Gasteiger partial charge in [0.15, 0.2) is 0 Å². The Morgan fingerprint density at radius 2 is 2.04 bits per heavy atom. The molecule has 7 heteroatoms. The van der Waals surface area contributed by atoms with Crippen LogP contribution in [0.5, 0.6) is 0 Å². The number of benzene rings is 1. The molecule has 1 atom stereocenters. The van der Waals surface area contributed by atoms with Gasteiger partial charge in [-0.05, 0) is 23.5 Å². The van der Waals surface area contributed by atoms with Crippen LogP contribution < -0.4 is 4.72 Å². The van der Waals surface area contributed by atoms with Crippen molar-refractivity contribution in [1.82, 2.24) is 9.62 Å². The van der Waals surface area contributed by atoms with E-state index in [4.69, 9.17) is 0 Å². The van der Waals surface area contributed by atoms with Gasteiger partial charge >= 0.3 is 6.09 Å². The quantitative estimate of drug-likeness (QED) is 0.815. The van der Waals surface area contributed by atoms with E-state index < -0.39 is 22.2 Å². The number of allylic oxidation sites excluding steroid dienone is 1. The Bertz CT molecular complexity index is 735. The van der Waals surface area contributed by atoms with Crippen LogP contribution in [-0.4, -0.2) is 43.6 Å². The fourth-order valence-electron chi connectivity index (χ4n) is 2.66. The molecule has 1 aromatic carbocycles. The lowest BCUT2D eigenvalue weighted by atomic mass is 9.96. The molecule has 132 valence electrons. The fourth-order valence-corrected chi connectivity index (χ4v) is 4.13. The van der Waals surface area contributed by atoms with Crippen LogP contribution in [-0.2, 0) is 16.4 Å². The Balaban J connectivity index is 2.11. The highest BCUT2D eigenvalue weighted by atomic mass is 32.2. The van der Waals surface area contributed by atoms with E-state index in [1.165, 1.54) is 4.90 Å². The van der Waals surface area contributed by atoms with Crippen molar-refractivity contribution in [2.24, 2.45) is 5.41 Å². The zero-order valence-electron chi connectivity index (χ0n) is 14.2. The van der Waals surface area contributed by atoms with Crippen molar-refractivity contribution in [3.63, 3.8) is 0 Å². The lowest BCUT2D eigenvalue weighted by Gasteiger charge is -2.29. The Morgan fingerprint density at radius 3 is 2.67 bits per heavy atom. The van der Waals surface area contributed by atoms with E-state index >= 15 is 0 Å². The minimum atomic E-state index is -3.59. The first-order chi connectivity index (χ1) is 11.1. The topological polar surface area (TPSA) is 86.7 Å². The second-order valence-electron chi connectivity index (χ2n) is 7.09. The molecule has 2 rings (SSSR count). The summed E-state index contributed by atoms with van der Waals surface area (Å²) in [5.74, 6) is 0. The molecule has 0 spiro atoms. The molecule has 1 aliphatic rings. The number of rotatable bonds is 4. The van der Waals surface area contributed by atoms with Crippen LogP contribution >= 0.6 is 0 Å². The lowest BCUT2D eigenvalue weighted by Crippen LogP contribution is -2.49. The van der Waals surface area contributed by atoms with Crippen molar-refractivity contribution in [3.8, 4) is 0 Å². The first-order valence-corrected chi connectivity index (χ1v) is 9.32. The Hall–Kier alpha value is -1.86. The van der Waals surface area contributed by atoms with Crippen molar-refractivity contribution < 1.29 is 18.3 Å². The second-order valence-corrected chi connectivity index (χ2v) is 8.77. The van der Waals surface area contributed by atoms with Gasteiger partial charge in [0.2, 0.25) is 10.0 Å². The maximum absolute atomic E-state index is 12.3. The lowest BCUT2D eigenvalue weighted by molar-refractivity contribution is 0.146. The molecule has 6 nitrogen and oxygen atoms in total. The van der Waals surface area contributed by atoms with Gasteiger partial charge in [0.05, 0.1) is 4.90 Å². The minimum absolute atomic E-state index is 0.0322. The van der Waals surface area contributed by atoms with Crippen molar-refractivity contribution in [3.05, 3.63) is 42.0 Å². The summed E-state index contributed by atoms with van der Waals surface area (Å²) in [5.41, 5.74) is 0.687. The molecule has 1 aliphatic heterocycles. The average molecular weight is 352 g/mol. The monoisotopic (exact) mass is 352 g/mol. The molecule has 0 bridgehead atoms. The van der Waals surface area contributed by atoms with E-state index in [0.717, 1.165) is 5.56 Å². The summed E-state index contributed by atoms with van der Waals surface area (Å²) in [5, 5.41) is 9.37. The van der Waals surface area contributed by atoms with Gasteiger partial charge in [-0.25, -0.2) is 17.9 Å². The van der Waals surface area contributed by atoms with Crippen molar-refractivity contribution in [1.29, 1.82) is 0 Å². The molecule has 0 saturated carbocycles. The third kappa shape index (κ3) is 4.82. The predicted molar refractivity (Wildman–Crippen MR) is 92.4 cm³/mol. The molecule has 0 aromatic heterocycles. The third-order valence-electron chi connectivity index (χ3n) is 3.71. The van der Waals surface area contributed by atoms with Crippen LogP contribution in [0.15, 0.2) is 41.3 Å². The van der Waals surface area contributed by atoms with Crippen LogP contribution in [0.4, 0.5) is 4.79 Å². The highest BCUT2D eigenvalue weighted by Gasteiger charge is 2.30. The molecular formula is C17H24N2O4S. The number of amides is 1. The molecule has 1 unspecified atom stereocenters.